The van der Waals surface area contributed by atoms with Crippen molar-refractivity contribution >= 4 is 5.96 Å². The van der Waals surface area contributed by atoms with Crippen LogP contribution < -0.4 is 5.32 Å². The molecule has 0 aromatic rings. The monoisotopic (exact) mass is 169 g/mol. The summed E-state index contributed by atoms with van der Waals surface area (Å²) in [4.78, 5) is 6.54. The van der Waals surface area contributed by atoms with Gasteiger partial charge < -0.3 is 10.2 Å². The minimum atomic E-state index is 1.04. The SMILES string of the molecule is CN=C(NC)N1CCCCCC1. The standard InChI is InChI=1S/C9H19N3/c1-10-9(11-2)12-7-5-3-4-6-8-12/h3-8H2,1-2H3,(H,10,11). The van der Waals surface area contributed by atoms with Crippen molar-refractivity contribution in [1.82, 2.24) is 10.2 Å². The maximum Gasteiger partial charge on any atom is 0.193 e. The summed E-state index contributed by atoms with van der Waals surface area (Å²) < 4.78 is 0. The molecule has 0 radical (unpaired) electrons. The van der Waals surface area contributed by atoms with Crippen molar-refractivity contribution in [3.05, 3.63) is 0 Å². The molecule has 1 N–H and O–H groups in total. The molecular formula is C9H19N3. The molecule has 0 aromatic heterocycles. The van der Waals surface area contributed by atoms with E-state index in [4.69, 9.17) is 0 Å². The van der Waals surface area contributed by atoms with Gasteiger partial charge in [0.25, 0.3) is 0 Å². The van der Waals surface area contributed by atoms with Crippen molar-refractivity contribution in [3.63, 3.8) is 0 Å². The highest BCUT2D eigenvalue weighted by atomic mass is 15.3. The second-order valence-electron chi connectivity index (χ2n) is 3.20. The predicted octanol–water partition coefficient (Wildman–Crippen LogP) is 1.07. The molecule has 0 unspecified atom stereocenters. The fraction of sp³-hybridized carbons (Fsp3) is 0.889. The van der Waals surface area contributed by atoms with Crippen LogP contribution in [0.1, 0.15) is 25.7 Å². The predicted molar refractivity (Wildman–Crippen MR) is 52.5 cm³/mol. The molecule has 3 nitrogen and oxygen atoms in total. The van der Waals surface area contributed by atoms with Crippen LogP contribution in [0, 0.1) is 0 Å². The number of guanidine groups is 1. The molecule has 1 aliphatic rings. The highest BCUT2D eigenvalue weighted by molar-refractivity contribution is 5.79. The molecule has 1 saturated heterocycles. The van der Waals surface area contributed by atoms with Gasteiger partial charge in [0, 0.05) is 27.2 Å². The third-order valence-electron chi connectivity index (χ3n) is 2.34. The van der Waals surface area contributed by atoms with Crippen molar-refractivity contribution in [2.75, 3.05) is 27.2 Å². The molecule has 1 fully saturated rings. The zero-order chi connectivity index (χ0) is 8.81. The highest BCUT2D eigenvalue weighted by Gasteiger charge is 2.10. The van der Waals surface area contributed by atoms with Crippen LogP contribution in [0.15, 0.2) is 4.99 Å². The summed E-state index contributed by atoms with van der Waals surface area (Å²) in [6.45, 7) is 2.32. The molecule has 0 bridgehead atoms. The van der Waals surface area contributed by atoms with E-state index in [1.807, 2.05) is 14.1 Å². The Morgan fingerprint density at radius 2 is 1.75 bits per heavy atom. The first-order chi connectivity index (χ1) is 5.88. The Morgan fingerprint density at radius 1 is 1.17 bits per heavy atom. The Bertz CT molecular complexity index is 146. The maximum absolute atomic E-state index is 4.20. The van der Waals surface area contributed by atoms with Gasteiger partial charge in [0.15, 0.2) is 5.96 Å². The van der Waals surface area contributed by atoms with Crippen molar-refractivity contribution in [2.45, 2.75) is 25.7 Å². The molecule has 0 amide bonds. The summed E-state index contributed by atoms with van der Waals surface area (Å²) >= 11 is 0. The average molecular weight is 169 g/mol. The smallest absolute Gasteiger partial charge is 0.193 e. The van der Waals surface area contributed by atoms with Crippen LogP contribution >= 0.6 is 0 Å². The van der Waals surface area contributed by atoms with Gasteiger partial charge in [-0.1, -0.05) is 12.8 Å². The van der Waals surface area contributed by atoms with E-state index in [9.17, 15) is 0 Å². The topological polar surface area (TPSA) is 27.6 Å². The van der Waals surface area contributed by atoms with Crippen LogP contribution in [0.3, 0.4) is 0 Å². The van der Waals surface area contributed by atoms with E-state index in [1.165, 1.54) is 25.7 Å². The average Bonchev–Trinajstić information content (AvgIpc) is 2.35. The van der Waals surface area contributed by atoms with Crippen molar-refractivity contribution in [1.29, 1.82) is 0 Å². The number of rotatable bonds is 0. The van der Waals surface area contributed by atoms with E-state index < -0.39 is 0 Å². The fourth-order valence-electron chi connectivity index (χ4n) is 1.69. The molecule has 12 heavy (non-hydrogen) atoms. The fourth-order valence-corrected chi connectivity index (χ4v) is 1.69. The third-order valence-corrected chi connectivity index (χ3v) is 2.34. The lowest BCUT2D eigenvalue weighted by molar-refractivity contribution is 0.421. The molecule has 0 saturated carbocycles. The molecule has 1 heterocycles. The van der Waals surface area contributed by atoms with Gasteiger partial charge >= 0.3 is 0 Å². The Morgan fingerprint density at radius 3 is 2.17 bits per heavy atom. The van der Waals surface area contributed by atoms with E-state index in [2.05, 4.69) is 15.2 Å². The summed E-state index contributed by atoms with van der Waals surface area (Å²) in [5.74, 6) is 1.04. The normalized spacial score (nSPS) is 20.5. The largest absolute Gasteiger partial charge is 0.359 e. The molecule has 0 atom stereocenters. The molecule has 0 aromatic carbocycles. The number of nitrogens with one attached hydrogen (secondary N) is 1. The lowest BCUT2D eigenvalue weighted by atomic mass is 10.2. The number of aliphatic imine (C=N–C) groups is 1. The molecule has 70 valence electrons. The summed E-state index contributed by atoms with van der Waals surface area (Å²) in [7, 11) is 3.78. The zero-order valence-corrected chi connectivity index (χ0v) is 8.14. The molecule has 3 heteroatoms. The van der Waals surface area contributed by atoms with Crippen LogP contribution in [0.5, 0.6) is 0 Å². The Balaban J connectivity index is 2.47. The first kappa shape index (κ1) is 9.36. The summed E-state index contributed by atoms with van der Waals surface area (Å²) in [6, 6.07) is 0. The van der Waals surface area contributed by atoms with Gasteiger partial charge in [0.1, 0.15) is 0 Å². The van der Waals surface area contributed by atoms with E-state index in [0.29, 0.717) is 0 Å². The Kier molecular flexibility index (Phi) is 3.91. The Labute approximate surface area is 74.9 Å². The Hall–Kier alpha value is -0.730. The molecule has 0 aliphatic carbocycles. The van der Waals surface area contributed by atoms with Crippen molar-refractivity contribution in [2.24, 2.45) is 4.99 Å². The van der Waals surface area contributed by atoms with E-state index in [1.54, 1.807) is 0 Å². The van der Waals surface area contributed by atoms with Gasteiger partial charge in [0.2, 0.25) is 0 Å². The van der Waals surface area contributed by atoms with E-state index in [-0.39, 0.29) is 0 Å². The molecule has 1 aliphatic heterocycles. The molecular weight excluding hydrogens is 150 g/mol. The van der Waals surface area contributed by atoms with Crippen LogP contribution in [0.2, 0.25) is 0 Å². The van der Waals surface area contributed by atoms with E-state index >= 15 is 0 Å². The molecule has 0 spiro atoms. The summed E-state index contributed by atoms with van der Waals surface area (Å²) in [5, 5.41) is 3.13. The number of hydrogen-bond acceptors (Lipinski definition) is 1. The second-order valence-corrected chi connectivity index (χ2v) is 3.20. The van der Waals surface area contributed by atoms with Crippen LogP contribution in [0.25, 0.3) is 0 Å². The minimum absolute atomic E-state index is 1.04. The van der Waals surface area contributed by atoms with Gasteiger partial charge in [-0.05, 0) is 12.8 Å². The summed E-state index contributed by atoms with van der Waals surface area (Å²) in [6.07, 6.45) is 5.36. The quantitative estimate of drug-likeness (QED) is 0.434. The third kappa shape index (κ3) is 2.40. The van der Waals surface area contributed by atoms with Gasteiger partial charge in [-0.15, -0.1) is 0 Å². The number of hydrogen-bond donors (Lipinski definition) is 1. The molecule has 1 rings (SSSR count). The lowest BCUT2D eigenvalue weighted by Crippen LogP contribution is -2.40. The van der Waals surface area contributed by atoms with Gasteiger partial charge in [-0.25, -0.2) is 0 Å². The van der Waals surface area contributed by atoms with Crippen LogP contribution in [-0.4, -0.2) is 38.0 Å². The van der Waals surface area contributed by atoms with Crippen molar-refractivity contribution in [3.8, 4) is 0 Å². The highest BCUT2D eigenvalue weighted by Crippen LogP contribution is 2.09. The first-order valence-electron chi connectivity index (χ1n) is 4.78. The second kappa shape index (κ2) is 5.01. The van der Waals surface area contributed by atoms with Gasteiger partial charge in [-0.2, -0.15) is 0 Å². The number of likely N-dealkylation sites (tertiary alicyclic amines) is 1. The zero-order valence-electron chi connectivity index (χ0n) is 8.14. The van der Waals surface area contributed by atoms with Crippen LogP contribution in [0.4, 0.5) is 0 Å². The maximum atomic E-state index is 4.20. The summed E-state index contributed by atoms with van der Waals surface area (Å²) in [5.41, 5.74) is 0. The first-order valence-corrected chi connectivity index (χ1v) is 4.78. The van der Waals surface area contributed by atoms with Gasteiger partial charge in [-0.3, -0.25) is 4.99 Å². The van der Waals surface area contributed by atoms with Gasteiger partial charge in [0.05, 0.1) is 0 Å². The van der Waals surface area contributed by atoms with Crippen LogP contribution in [-0.2, 0) is 0 Å². The number of nitrogens with zero attached hydrogens (tertiary/aromatic N) is 2. The lowest BCUT2D eigenvalue weighted by Gasteiger charge is -2.23. The van der Waals surface area contributed by atoms with Crippen molar-refractivity contribution < 1.29 is 0 Å². The van der Waals surface area contributed by atoms with E-state index in [0.717, 1.165) is 19.0 Å². The minimum Gasteiger partial charge on any atom is -0.359 e.